The SMILES string of the molecule is CCC(C)C(N)C(=O)NC(Cc1ccccc1)C(O)CN(CC(C)C)S(=O)(=O)c1ccc(OC)cc1. The van der Waals surface area contributed by atoms with Crippen LogP contribution in [0.5, 0.6) is 5.75 Å². The largest absolute Gasteiger partial charge is 0.497 e. The number of sulfonamides is 1. The smallest absolute Gasteiger partial charge is 0.243 e. The van der Waals surface area contributed by atoms with Gasteiger partial charge in [0.2, 0.25) is 15.9 Å². The molecule has 2 aromatic rings. The highest BCUT2D eigenvalue weighted by molar-refractivity contribution is 7.89. The highest BCUT2D eigenvalue weighted by atomic mass is 32.2. The zero-order valence-corrected chi connectivity index (χ0v) is 22.7. The summed E-state index contributed by atoms with van der Waals surface area (Å²) in [5.41, 5.74) is 7.05. The monoisotopic (exact) mass is 519 g/mol. The lowest BCUT2D eigenvalue weighted by Crippen LogP contribution is -2.55. The Labute approximate surface area is 215 Å². The second-order valence-electron chi connectivity index (χ2n) is 9.67. The zero-order valence-electron chi connectivity index (χ0n) is 21.9. The van der Waals surface area contributed by atoms with Crippen molar-refractivity contribution in [1.82, 2.24) is 9.62 Å². The molecule has 0 aromatic heterocycles. The normalized spacial score (nSPS) is 15.4. The van der Waals surface area contributed by atoms with Crippen molar-refractivity contribution in [2.24, 2.45) is 17.6 Å². The van der Waals surface area contributed by atoms with Gasteiger partial charge in [-0.25, -0.2) is 8.42 Å². The number of hydrogen-bond donors (Lipinski definition) is 3. The fraction of sp³-hybridized carbons (Fsp3) is 0.519. The molecule has 0 spiro atoms. The fourth-order valence-corrected chi connectivity index (χ4v) is 5.47. The highest BCUT2D eigenvalue weighted by Gasteiger charge is 2.32. The number of rotatable bonds is 14. The molecule has 4 N–H and O–H groups in total. The maximum atomic E-state index is 13.5. The Morgan fingerprint density at radius 1 is 1.06 bits per heavy atom. The second kappa shape index (κ2) is 13.7. The third-order valence-electron chi connectivity index (χ3n) is 6.31. The van der Waals surface area contributed by atoms with E-state index in [1.807, 2.05) is 58.0 Å². The number of aliphatic hydroxyl groups is 1. The Hall–Kier alpha value is -2.46. The lowest BCUT2D eigenvalue weighted by molar-refractivity contribution is -0.125. The molecule has 0 aliphatic heterocycles. The summed E-state index contributed by atoms with van der Waals surface area (Å²) in [6, 6.07) is 14.2. The van der Waals surface area contributed by atoms with E-state index < -0.39 is 28.2 Å². The highest BCUT2D eigenvalue weighted by Crippen LogP contribution is 2.22. The average molecular weight is 520 g/mol. The van der Waals surface area contributed by atoms with Crippen molar-refractivity contribution < 1.29 is 23.1 Å². The zero-order chi connectivity index (χ0) is 26.9. The summed E-state index contributed by atoms with van der Waals surface area (Å²) >= 11 is 0. The maximum absolute atomic E-state index is 13.5. The van der Waals surface area contributed by atoms with Crippen LogP contribution >= 0.6 is 0 Å². The first-order valence-corrected chi connectivity index (χ1v) is 13.9. The average Bonchev–Trinajstić information content (AvgIpc) is 2.87. The van der Waals surface area contributed by atoms with Gasteiger partial charge in [0, 0.05) is 13.1 Å². The third-order valence-corrected chi connectivity index (χ3v) is 8.15. The topological polar surface area (TPSA) is 122 Å². The predicted octanol–water partition coefficient (Wildman–Crippen LogP) is 2.80. The van der Waals surface area contributed by atoms with Gasteiger partial charge < -0.3 is 20.9 Å². The first-order valence-electron chi connectivity index (χ1n) is 12.4. The number of hydrogen-bond acceptors (Lipinski definition) is 6. The summed E-state index contributed by atoms with van der Waals surface area (Å²) in [6.45, 7) is 7.72. The number of nitrogens with one attached hydrogen (secondary N) is 1. The molecular formula is C27H41N3O5S. The summed E-state index contributed by atoms with van der Waals surface area (Å²) < 4.78 is 33.4. The van der Waals surface area contributed by atoms with Crippen molar-refractivity contribution in [2.75, 3.05) is 20.2 Å². The molecule has 8 nitrogen and oxygen atoms in total. The van der Waals surface area contributed by atoms with E-state index in [1.165, 1.54) is 23.5 Å². The summed E-state index contributed by atoms with van der Waals surface area (Å²) in [4.78, 5) is 13.0. The molecular weight excluding hydrogens is 478 g/mol. The number of nitrogens with zero attached hydrogens (tertiary/aromatic N) is 1. The Morgan fingerprint density at radius 2 is 1.67 bits per heavy atom. The Morgan fingerprint density at radius 3 is 2.19 bits per heavy atom. The van der Waals surface area contributed by atoms with Gasteiger partial charge in [0.1, 0.15) is 5.75 Å². The molecule has 2 aromatic carbocycles. The van der Waals surface area contributed by atoms with Gasteiger partial charge in [-0.15, -0.1) is 0 Å². The van der Waals surface area contributed by atoms with Crippen molar-refractivity contribution in [3.63, 3.8) is 0 Å². The first-order chi connectivity index (χ1) is 17.0. The van der Waals surface area contributed by atoms with Crippen molar-refractivity contribution in [3.05, 3.63) is 60.2 Å². The van der Waals surface area contributed by atoms with Gasteiger partial charge in [0.15, 0.2) is 0 Å². The molecule has 9 heteroatoms. The van der Waals surface area contributed by atoms with E-state index in [4.69, 9.17) is 10.5 Å². The van der Waals surface area contributed by atoms with Crippen LogP contribution in [0, 0.1) is 11.8 Å². The van der Waals surface area contributed by atoms with Crippen molar-refractivity contribution >= 4 is 15.9 Å². The van der Waals surface area contributed by atoms with E-state index in [0.29, 0.717) is 12.2 Å². The minimum Gasteiger partial charge on any atom is -0.497 e. The van der Waals surface area contributed by atoms with E-state index in [0.717, 1.165) is 12.0 Å². The van der Waals surface area contributed by atoms with E-state index in [2.05, 4.69) is 5.32 Å². The van der Waals surface area contributed by atoms with Crippen LogP contribution in [-0.2, 0) is 21.2 Å². The van der Waals surface area contributed by atoms with Crippen LogP contribution in [0.3, 0.4) is 0 Å². The molecule has 0 fully saturated rings. The predicted molar refractivity (Wildman–Crippen MR) is 142 cm³/mol. The van der Waals surface area contributed by atoms with Gasteiger partial charge in [-0.05, 0) is 48.1 Å². The molecule has 0 bridgehead atoms. The van der Waals surface area contributed by atoms with Gasteiger partial charge >= 0.3 is 0 Å². The van der Waals surface area contributed by atoms with Crippen LogP contribution in [0.15, 0.2) is 59.5 Å². The summed E-state index contributed by atoms with van der Waals surface area (Å²) in [6.07, 6.45) is -0.0907. The minimum atomic E-state index is -3.90. The van der Waals surface area contributed by atoms with Crippen LogP contribution in [0.25, 0.3) is 0 Å². The maximum Gasteiger partial charge on any atom is 0.243 e. The fourth-order valence-electron chi connectivity index (χ4n) is 3.85. The van der Waals surface area contributed by atoms with E-state index in [1.54, 1.807) is 12.1 Å². The van der Waals surface area contributed by atoms with Crippen LogP contribution in [0.4, 0.5) is 0 Å². The molecule has 0 saturated heterocycles. The summed E-state index contributed by atoms with van der Waals surface area (Å²) in [5.74, 6) is 0.170. The summed E-state index contributed by atoms with van der Waals surface area (Å²) in [7, 11) is -2.39. The number of carbonyl (C=O) groups is 1. The molecule has 200 valence electrons. The summed E-state index contributed by atoms with van der Waals surface area (Å²) in [5, 5.41) is 14.2. The molecule has 0 aliphatic carbocycles. The lowest BCUT2D eigenvalue weighted by Gasteiger charge is -2.31. The molecule has 0 aliphatic rings. The number of nitrogens with two attached hydrogens (primary N) is 1. The molecule has 36 heavy (non-hydrogen) atoms. The molecule has 4 atom stereocenters. The Kier molecular flexibility index (Phi) is 11.4. The first kappa shape index (κ1) is 29.8. The van der Waals surface area contributed by atoms with Gasteiger partial charge in [-0.3, -0.25) is 4.79 Å². The molecule has 0 radical (unpaired) electrons. The van der Waals surface area contributed by atoms with Gasteiger partial charge in [-0.1, -0.05) is 64.4 Å². The van der Waals surface area contributed by atoms with Crippen LogP contribution in [0.1, 0.15) is 39.7 Å². The van der Waals surface area contributed by atoms with E-state index in [9.17, 15) is 18.3 Å². The number of carbonyl (C=O) groups excluding carboxylic acids is 1. The molecule has 0 saturated carbocycles. The molecule has 4 unspecified atom stereocenters. The molecule has 2 rings (SSSR count). The standard InChI is InChI=1S/C27H41N3O5S/c1-6-20(4)26(28)27(32)29-24(16-21-10-8-7-9-11-21)25(31)18-30(17-19(2)3)36(33,34)23-14-12-22(35-5)13-15-23/h7-15,19-20,24-26,31H,6,16-18,28H2,1-5H3,(H,29,32). The van der Waals surface area contributed by atoms with Crippen LogP contribution in [-0.4, -0.2) is 62.1 Å². The van der Waals surface area contributed by atoms with Gasteiger partial charge in [0.25, 0.3) is 0 Å². The lowest BCUT2D eigenvalue weighted by atomic mass is 9.97. The van der Waals surface area contributed by atoms with Crippen molar-refractivity contribution in [2.45, 2.75) is 63.6 Å². The number of amides is 1. The number of ether oxygens (including phenoxy) is 1. The van der Waals surface area contributed by atoms with E-state index in [-0.39, 0.29) is 35.7 Å². The van der Waals surface area contributed by atoms with Crippen molar-refractivity contribution in [1.29, 1.82) is 0 Å². The number of aliphatic hydroxyl groups excluding tert-OH is 1. The van der Waals surface area contributed by atoms with Gasteiger partial charge in [0.05, 0.1) is 30.2 Å². The van der Waals surface area contributed by atoms with Crippen LogP contribution < -0.4 is 15.8 Å². The second-order valence-corrected chi connectivity index (χ2v) is 11.6. The minimum absolute atomic E-state index is 0.0196. The van der Waals surface area contributed by atoms with Crippen LogP contribution in [0.2, 0.25) is 0 Å². The van der Waals surface area contributed by atoms with Crippen molar-refractivity contribution in [3.8, 4) is 5.75 Å². The molecule has 0 heterocycles. The van der Waals surface area contributed by atoms with Gasteiger partial charge in [-0.2, -0.15) is 4.31 Å². The molecule has 1 amide bonds. The Bertz CT molecular complexity index is 1040. The third kappa shape index (κ3) is 8.30. The quantitative estimate of drug-likeness (QED) is 0.353. The Balaban J connectivity index is 2.33. The number of benzene rings is 2. The van der Waals surface area contributed by atoms with E-state index >= 15 is 0 Å². The number of methoxy groups -OCH3 is 1.